The fourth-order valence-corrected chi connectivity index (χ4v) is 4.36. The summed E-state index contributed by atoms with van der Waals surface area (Å²) in [6.45, 7) is 3.66. The van der Waals surface area contributed by atoms with Crippen molar-refractivity contribution in [3.63, 3.8) is 0 Å². The van der Waals surface area contributed by atoms with Crippen LogP contribution in [0.3, 0.4) is 0 Å². The monoisotopic (exact) mass is 480 g/mol. The highest BCUT2D eigenvalue weighted by molar-refractivity contribution is 7.92. The van der Waals surface area contributed by atoms with Gasteiger partial charge >= 0.3 is 0 Å². The van der Waals surface area contributed by atoms with E-state index in [4.69, 9.17) is 0 Å². The third-order valence-corrected chi connectivity index (χ3v) is 6.64. The molecule has 2 N–H and O–H groups in total. The Hall–Kier alpha value is -3.85. The molecule has 0 amide bonds. The number of benzene rings is 3. The van der Waals surface area contributed by atoms with Crippen molar-refractivity contribution in [1.82, 2.24) is 9.97 Å². The first kappa shape index (κ1) is 23.3. The van der Waals surface area contributed by atoms with E-state index in [1.165, 1.54) is 30.5 Å². The van der Waals surface area contributed by atoms with Crippen LogP contribution in [0.1, 0.15) is 24.1 Å². The van der Waals surface area contributed by atoms with E-state index in [-0.39, 0.29) is 28.5 Å². The fraction of sp³-hybridized carbons (Fsp3) is 0.120. The molecule has 174 valence electrons. The van der Waals surface area contributed by atoms with Crippen molar-refractivity contribution in [2.75, 3.05) is 10.0 Å². The molecule has 0 bridgehead atoms. The van der Waals surface area contributed by atoms with Crippen LogP contribution < -0.4 is 10.0 Å². The minimum Gasteiger partial charge on any atom is -0.348 e. The van der Waals surface area contributed by atoms with Gasteiger partial charge in [-0.2, -0.15) is 4.98 Å². The van der Waals surface area contributed by atoms with E-state index in [0.29, 0.717) is 5.56 Å². The second-order valence-corrected chi connectivity index (χ2v) is 9.46. The molecular weight excluding hydrogens is 458 g/mol. The minimum absolute atomic E-state index is 0.0770. The SMILES string of the molecule is Cc1cc(-c2ccc([C@H](C)Nc3nccc(NS(=O)(=O)c4ccc(F)cc4)n3)cc2)ccc1F. The first-order valence-corrected chi connectivity index (χ1v) is 11.9. The second-order valence-electron chi connectivity index (χ2n) is 7.78. The summed E-state index contributed by atoms with van der Waals surface area (Å²) in [5.41, 5.74) is 3.44. The lowest BCUT2D eigenvalue weighted by Crippen LogP contribution is -2.15. The number of hydrogen-bond donors (Lipinski definition) is 2. The summed E-state index contributed by atoms with van der Waals surface area (Å²) < 4.78 is 54.1. The zero-order chi connectivity index (χ0) is 24.3. The van der Waals surface area contributed by atoms with Crippen LogP contribution in [-0.2, 0) is 10.0 Å². The molecule has 1 atom stereocenters. The van der Waals surface area contributed by atoms with Crippen molar-refractivity contribution in [3.05, 3.63) is 102 Å². The Balaban J connectivity index is 1.46. The standard InChI is InChI=1S/C25H22F2N4O2S/c1-16-15-20(7-12-23(16)27)19-5-3-18(4-6-19)17(2)29-25-28-14-13-24(30-25)31-34(32,33)22-10-8-21(26)9-11-22/h3-15,17H,1-2H3,(H2,28,29,30,31)/t17-/m0/s1. The van der Waals surface area contributed by atoms with Gasteiger partial charge in [-0.05, 0) is 78.6 Å². The van der Waals surface area contributed by atoms with Crippen LogP contribution >= 0.6 is 0 Å². The highest BCUT2D eigenvalue weighted by Crippen LogP contribution is 2.25. The number of nitrogens with zero attached hydrogens (tertiary/aromatic N) is 2. The smallest absolute Gasteiger partial charge is 0.263 e. The van der Waals surface area contributed by atoms with Gasteiger partial charge in [0.05, 0.1) is 10.9 Å². The predicted octanol–water partition coefficient (Wildman–Crippen LogP) is 5.70. The van der Waals surface area contributed by atoms with Gasteiger partial charge in [0.25, 0.3) is 10.0 Å². The number of anilines is 2. The third kappa shape index (κ3) is 5.37. The summed E-state index contributed by atoms with van der Waals surface area (Å²) in [5, 5.41) is 3.15. The van der Waals surface area contributed by atoms with Crippen molar-refractivity contribution < 1.29 is 17.2 Å². The molecule has 1 aromatic heterocycles. The summed E-state index contributed by atoms with van der Waals surface area (Å²) in [7, 11) is -3.92. The maximum atomic E-state index is 13.5. The number of rotatable bonds is 7. The van der Waals surface area contributed by atoms with Crippen LogP contribution in [0.25, 0.3) is 11.1 Å². The molecular formula is C25H22F2N4O2S. The lowest BCUT2D eigenvalue weighted by Gasteiger charge is -2.16. The van der Waals surface area contributed by atoms with E-state index in [2.05, 4.69) is 20.0 Å². The summed E-state index contributed by atoms with van der Waals surface area (Å²) in [5.74, 6) is -0.441. The number of halogens is 2. The summed E-state index contributed by atoms with van der Waals surface area (Å²) >= 11 is 0. The Kier molecular flexibility index (Phi) is 6.56. The van der Waals surface area contributed by atoms with Crippen molar-refractivity contribution in [2.45, 2.75) is 24.8 Å². The van der Waals surface area contributed by atoms with Crippen LogP contribution in [0.4, 0.5) is 20.5 Å². The summed E-state index contributed by atoms with van der Waals surface area (Å²) in [6, 6.07) is 18.6. The zero-order valence-electron chi connectivity index (χ0n) is 18.5. The first-order chi connectivity index (χ1) is 16.2. The Morgan fingerprint density at radius 3 is 2.24 bits per heavy atom. The van der Waals surface area contributed by atoms with Crippen LogP contribution in [-0.4, -0.2) is 18.4 Å². The Morgan fingerprint density at radius 1 is 0.882 bits per heavy atom. The molecule has 1 heterocycles. The van der Waals surface area contributed by atoms with Gasteiger partial charge in [0.1, 0.15) is 17.5 Å². The molecule has 0 spiro atoms. The highest BCUT2D eigenvalue weighted by atomic mass is 32.2. The maximum Gasteiger partial charge on any atom is 0.263 e. The molecule has 0 saturated heterocycles. The van der Waals surface area contributed by atoms with E-state index < -0.39 is 15.8 Å². The highest BCUT2D eigenvalue weighted by Gasteiger charge is 2.16. The van der Waals surface area contributed by atoms with Crippen LogP contribution in [0.5, 0.6) is 0 Å². The normalized spacial score (nSPS) is 12.2. The maximum absolute atomic E-state index is 13.5. The van der Waals surface area contributed by atoms with Gasteiger partial charge in [-0.1, -0.05) is 30.3 Å². The topological polar surface area (TPSA) is 84.0 Å². The summed E-state index contributed by atoms with van der Waals surface area (Å²) in [4.78, 5) is 8.31. The van der Waals surface area contributed by atoms with Gasteiger partial charge in [-0.25, -0.2) is 22.2 Å². The van der Waals surface area contributed by atoms with E-state index in [9.17, 15) is 17.2 Å². The van der Waals surface area contributed by atoms with Crippen molar-refractivity contribution in [1.29, 1.82) is 0 Å². The molecule has 4 rings (SSSR count). The molecule has 3 aromatic carbocycles. The van der Waals surface area contributed by atoms with Crippen molar-refractivity contribution >= 4 is 21.8 Å². The molecule has 0 aliphatic rings. The van der Waals surface area contributed by atoms with Gasteiger partial charge in [0.15, 0.2) is 0 Å². The Bertz CT molecular complexity index is 1410. The molecule has 0 aliphatic heterocycles. The van der Waals surface area contributed by atoms with Crippen LogP contribution in [0.15, 0.2) is 83.9 Å². The quantitative estimate of drug-likeness (QED) is 0.354. The summed E-state index contributed by atoms with van der Waals surface area (Å²) in [6.07, 6.45) is 1.44. The number of nitrogens with one attached hydrogen (secondary N) is 2. The number of hydrogen-bond acceptors (Lipinski definition) is 5. The van der Waals surface area contributed by atoms with Crippen LogP contribution in [0.2, 0.25) is 0 Å². The molecule has 0 unspecified atom stereocenters. The van der Waals surface area contributed by atoms with E-state index in [1.807, 2.05) is 31.2 Å². The van der Waals surface area contributed by atoms with Gasteiger partial charge in [-0.3, -0.25) is 4.72 Å². The molecule has 34 heavy (non-hydrogen) atoms. The first-order valence-electron chi connectivity index (χ1n) is 10.5. The van der Waals surface area contributed by atoms with Gasteiger partial charge in [-0.15, -0.1) is 0 Å². The van der Waals surface area contributed by atoms with Gasteiger partial charge < -0.3 is 5.32 Å². The lowest BCUT2D eigenvalue weighted by atomic mass is 10.00. The zero-order valence-corrected chi connectivity index (χ0v) is 19.3. The Labute approximate surface area is 196 Å². The largest absolute Gasteiger partial charge is 0.348 e. The predicted molar refractivity (Wildman–Crippen MR) is 128 cm³/mol. The molecule has 0 saturated carbocycles. The minimum atomic E-state index is -3.92. The molecule has 9 heteroatoms. The Morgan fingerprint density at radius 2 is 1.56 bits per heavy atom. The van der Waals surface area contributed by atoms with Gasteiger partial charge in [0, 0.05) is 6.20 Å². The number of aryl methyl sites for hydroxylation is 1. The second kappa shape index (κ2) is 9.56. The molecule has 0 radical (unpaired) electrons. The van der Waals surface area contributed by atoms with E-state index in [0.717, 1.165) is 28.8 Å². The van der Waals surface area contributed by atoms with Gasteiger partial charge in [0.2, 0.25) is 5.95 Å². The number of sulfonamides is 1. The number of aromatic nitrogens is 2. The van der Waals surface area contributed by atoms with E-state index in [1.54, 1.807) is 19.1 Å². The molecule has 0 aliphatic carbocycles. The average molecular weight is 481 g/mol. The average Bonchev–Trinajstić information content (AvgIpc) is 2.81. The third-order valence-electron chi connectivity index (χ3n) is 5.27. The molecule has 4 aromatic rings. The molecule has 6 nitrogen and oxygen atoms in total. The van der Waals surface area contributed by atoms with Crippen LogP contribution in [0, 0.1) is 18.6 Å². The lowest BCUT2D eigenvalue weighted by molar-refractivity contribution is 0.599. The van der Waals surface area contributed by atoms with E-state index >= 15 is 0 Å². The van der Waals surface area contributed by atoms with Crippen molar-refractivity contribution in [3.8, 4) is 11.1 Å². The fourth-order valence-electron chi connectivity index (χ4n) is 3.36. The van der Waals surface area contributed by atoms with Crippen molar-refractivity contribution in [2.24, 2.45) is 0 Å². The molecule has 0 fully saturated rings.